The molecule has 2 heterocycles. The summed E-state index contributed by atoms with van der Waals surface area (Å²) >= 11 is 0. The lowest BCUT2D eigenvalue weighted by Crippen LogP contribution is -2.33. The van der Waals surface area contributed by atoms with Crippen molar-refractivity contribution in [1.82, 2.24) is 4.98 Å². The fourth-order valence-corrected chi connectivity index (χ4v) is 3.29. The number of methoxy groups -OCH3 is 2. The third-order valence-corrected chi connectivity index (χ3v) is 4.65. The molecule has 25 heavy (non-hydrogen) atoms. The first-order valence-corrected chi connectivity index (χ1v) is 8.38. The van der Waals surface area contributed by atoms with Gasteiger partial charge in [-0.1, -0.05) is 18.2 Å². The second kappa shape index (κ2) is 6.48. The molecular weight excluding hydrogens is 312 g/mol. The molecule has 2 aromatic carbocycles. The minimum atomic E-state index is 0.754. The number of H-pyrrole nitrogens is 1. The van der Waals surface area contributed by atoms with Crippen LogP contribution in [0.5, 0.6) is 11.5 Å². The average molecular weight is 333 g/mol. The smallest absolute Gasteiger partial charge is 0.176 e. The number of aromatic nitrogens is 2. The Morgan fingerprint density at radius 1 is 0.960 bits per heavy atom. The molecule has 0 unspecified atom stereocenters. The van der Waals surface area contributed by atoms with E-state index in [4.69, 9.17) is 9.47 Å². The summed E-state index contributed by atoms with van der Waals surface area (Å²) in [7, 11) is 3.33. The lowest BCUT2D eigenvalue weighted by Gasteiger charge is -2.08. The van der Waals surface area contributed by atoms with Crippen molar-refractivity contribution in [1.29, 1.82) is 0 Å². The zero-order chi connectivity index (χ0) is 17.2. The van der Waals surface area contributed by atoms with E-state index in [0.29, 0.717) is 0 Å². The van der Waals surface area contributed by atoms with Gasteiger partial charge in [-0.15, -0.1) is 0 Å². The van der Waals surface area contributed by atoms with Crippen LogP contribution in [0.3, 0.4) is 0 Å². The number of nitrogens with one attached hydrogen (secondary N) is 1. The van der Waals surface area contributed by atoms with E-state index in [-0.39, 0.29) is 0 Å². The quantitative estimate of drug-likeness (QED) is 0.563. The van der Waals surface area contributed by atoms with Gasteiger partial charge in [-0.25, -0.2) is 4.57 Å². The molecule has 2 aromatic heterocycles. The summed E-state index contributed by atoms with van der Waals surface area (Å²) in [4.78, 5) is 3.34. The van der Waals surface area contributed by atoms with Gasteiger partial charge in [0.15, 0.2) is 30.4 Å². The second-order valence-corrected chi connectivity index (χ2v) is 6.13. The van der Waals surface area contributed by atoms with Crippen molar-refractivity contribution in [3.05, 3.63) is 66.6 Å². The van der Waals surface area contributed by atoms with Crippen LogP contribution in [0.2, 0.25) is 0 Å². The molecule has 1 N–H and O–H groups in total. The zero-order valence-electron chi connectivity index (χ0n) is 14.5. The molecule has 0 bridgehead atoms. The first-order valence-electron chi connectivity index (χ1n) is 8.38. The number of aromatic amines is 1. The monoisotopic (exact) mass is 333 g/mol. The van der Waals surface area contributed by atoms with Gasteiger partial charge in [0.05, 0.1) is 14.2 Å². The summed E-state index contributed by atoms with van der Waals surface area (Å²) < 4.78 is 13.0. The molecule has 0 radical (unpaired) electrons. The van der Waals surface area contributed by atoms with Crippen molar-refractivity contribution >= 4 is 21.7 Å². The Morgan fingerprint density at radius 2 is 1.72 bits per heavy atom. The number of hydrogen-bond acceptors (Lipinski definition) is 2. The summed E-state index contributed by atoms with van der Waals surface area (Å²) in [5.41, 5.74) is 2.54. The number of benzene rings is 2. The molecule has 4 rings (SSSR count). The largest absolute Gasteiger partial charge is 0.493 e. The molecule has 4 heteroatoms. The van der Waals surface area contributed by atoms with Crippen LogP contribution in [0, 0.1) is 0 Å². The summed E-state index contributed by atoms with van der Waals surface area (Å²) in [6.07, 6.45) is 7.36. The van der Waals surface area contributed by atoms with Crippen molar-refractivity contribution in [3.63, 3.8) is 0 Å². The van der Waals surface area contributed by atoms with Gasteiger partial charge in [-0.05, 0) is 29.1 Å². The molecule has 0 amide bonds. The average Bonchev–Trinajstić information content (AvgIpc) is 3.08. The molecule has 0 aliphatic rings. The first kappa shape index (κ1) is 15.5. The van der Waals surface area contributed by atoms with E-state index in [9.17, 15) is 0 Å². The SMILES string of the molecule is COc1cc2cc[n+](CCc3c[nH]c4ccccc34)cc2cc1OC. The van der Waals surface area contributed by atoms with E-state index in [1.165, 1.54) is 16.5 Å². The van der Waals surface area contributed by atoms with E-state index in [2.05, 4.69) is 58.5 Å². The molecule has 0 aliphatic carbocycles. The van der Waals surface area contributed by atoms with Crippen molar-refractivity contribution in [2.24, 2.45) is 0 Å². The predicted molar refractivity (Wildman–Crippen MR) is 99.2 cm³/mol. The maximum atomic E-state index is 5.41. The van der Waals surface area contributed by atoms with Gasteiger partial charge in [0, 0.05) is 35.0 Å². The van der Waals surface area contributed by atoms with Crippen molar-refractivity contribution < 1.29 is 14.0 Å². The van der Waals surface area contributed by atoms with Crippen LogP contribution >= 0.6 is 0 Å². The second-order valence-electron chi connectivity index (χ2n) is 6.13. The summed E-state index contributed by atoms with van der Waals surface area (Å²) in [6, 6.07) is 14.6. The highest BCUT2D eigenvalue weighted by atomic mass is 16.5. The molecule has 0 atom stereocenters. The topological polar surface area (TPSA) is 38.1 Å². The van der Waals surface area contributed by atoms with Crippen LogP contribution in [0.1, 0.15) is 5.56 Å². The highest BCUT2D eigenvalue weighted by Gasteiger charge is 2.11. The number of ether oxygens (including phenoxy) is 2. The van der Waals surface area contributed by atoms with E-state index < -0.39 is 0 Å². The number of nitrogens with zero attached hydrogens (tertiary/aromatic N) is 1. The molecule has 126 valence electrons. The highest BCUT2D eigenvalue weighted by molar-refractivity contribution is 5.85. The minimum absolute atomic E-state index is 0.754. The fraction of sp³-hybridized carbons (Fsp3) is 0.190. The van der Waals surface area contributed by atoms with Gasteiger partial charge >= 0.3 is 0 Å². The van der Waals surface area contributed by atoms with Crippen LogP contribution in [-0.4, -0.2) is 19.2 Å². The van der Waals surface area contributed by atoms with Crippen LogP contribution in [0.25, 0.3) is 21.7 Å². The van der Waals surface area contributed by atoms with E-state index >= 15 is 0 Å². The Morgan fingerprint density at radius 3 is 2.52 bits per heavy atom. The Hall–Kier alpha value is -3.01. The lowest BCUT2D eigenvalue weighted by atomic mass is 10.1. The lowest BCUT2D eigenvalue weighted by molar-refractivity contribution is -0.695. The normalized spacial score (nSPS) is 11.1. The third-order valence-electron chi connectivity index (χ3n) is 4.65. The molecule has 4 aromatic rings. The summed E-state index contributed by atoms with van der Waals surface area (Å²) in [5, 5.41) is 3.58. The maximum absolute atomic E-state index is 5.41. The minimum Gasteiger partial charge on any atom is -0.493 e. The van der Waals surface area contributed by atoms with Gasteiger partial charge in [0.25, 0.3) is 0 Å². The Bertz CT molecular complexity index is 1040. The summed E-state index contributed by atoms with van der Waals surface area (Å²) in [5.74, 6) is 1.51. The number of aryl methyl sites for hydroxylation is 2. The molecule has 0 saturated carbocycles. The van der Waals surface area contributed by atoms with E-state index in [0.717, 1.165) is 35.2 Å². The van der Waals surface area contributed by atoms with Gasteiger partial charge in [0.2, 0.25) is 0 Å². The van der Waals surface area contributed by atoms with Gasteiger partial charge < -0.3 is 14.5 Å². The van der Waals surface area contributed by atoms with E-state index in [1.807, 2.05) is 12.1 Å². The standard InChI is InChI=1S/C21H21N2O2/c1-24-20-11-15-7-9-23(14-17(15)12-21(20)25-2)10-8-16-13-22-19-6-4-3-5-18(16)19/h3-7,9,11-14,22H,8,10H2,1-2H3/q+1. The first-order chi connectivity index (χ1) is 12.3. The highest BCUT2D eigenvalue weighted by Crippen LogP contribution is 2.31. The Labute approximate surface area is 146 Å². The number of rotatable bonds is 5. The van der Waals surface area contributed by atoms with Crippen LogP contribution in [-0.2, 0) is 13.0 Å². The maximum Gasteiger partial charge on any atom is 0.176 e. The van der Waals surface area contributed by atoms with Gasteiger partial charge in [0.1, 0.15) is 0 Å². The molecule has 0 aliphatic heterocycles. The van der Waals surface area contributed by atoms with Crippen molar-refractivity contribution in [2.75, 3.05) is 14.2 Å². The molecular formula is C21H21N2O2+. The summed E-state index contributed by atoms with van der Waals surface area (Å²) in [6.45, 7) is 0.923. The van der Waals surface area contributed by atoms with Crippen molar-refractivity contribution in [3.8, 4) is 11.5 Å². The number of fused-ring (bicyclic) bond motifs is 2. The number of hydrogen-bond donors (Lipinski definition) is 1. The van der Waals surface area contributed by atoms with E-state index in [1.54, 1.807) is 14.2 Å². The fourth-order valence-electron chi connectivity index (χ4n) is 3.29. The van der Waals surface area contributed by atoms with Crippen LogP contribution in [0.15, 0.2) is 61.1 Å². The number of pyridine rings is 1. The van der Waals surface area contributed by atoms with Crippen LogP contribution < -0.4 is 14.0 Å². The molecule has 0 fully saturated rings. The van der Waals surface area contributed by atoms with Crippen molar-refractivity contribution in [2.45, 2.75) is 13.0 Å². The van der Waals surface area contributed by atoms with Gasteiger partial charge in [-0.3, -0.25) is 0 Å². The zero-order valence-corrected chi connectivity index (χ0v) is 14.5. The third kappa shape index (κ3) is 2.91. The predicted octanol–water partition coefficient (Wildman–Crippen LogP) is 3.87. The molecule has 0 saturated heterocycles. The number of para-hydroxylation sites is 1. The molecule has 4 nitrogen and oxygen atoms in total. The van der Waals surface area contributed by atoms with Crippen LogP contribution in [0.4, 0.5) is 0 Å². The Balaban J connectivity index is 1.61. The molecule has 0 spiro atoms. The van der Waals surface area contributed by atoms with Gasteiger partial charge in [-0.2, -0.15) is 0 Å². The Kier molecular flexibility index (Phi) is 4.02.